The lowest BCUT2D eigenvalue weighted by molar-refractivity contribution is -0.384. The number of rotatable bonds is 4. The largest absolute Gasteiger partial charge is 0.496 e. The standard InChI is InChI=1S/C21H14N2O5/c1-27-19-10-9-13-5-2-3-8-16(13)17(19)12-18-21(24)28-20(22-18)14-6-4-7-15(11-14)23(25)26/h2-12H,1H3. The van der Waals surface area contributed by atoms with Crippen molar-refractivity contribution in [2.45, 2.75) is 0 Å². The maximum Gasteiger partial charge on any atom is 0.363 e. The highest BCUT2D eigenvalue weighted by molar-refractivity contribution is 6.13. The van der Waals surface area contributed by atoms with Gasteiger partial charge in [0, 0.05) is 23.3 Å². The zero-order valence-corrected chi connectivity index (χ0v) is 14.8. The Kier molecular flexibility index (Phi) is 4.33. The van der Waals surface area contributed by atoms with Gasteiger partial charge in [0.15, 0.2) is 5.70 Å². The van der Waals surface area contributed by atoms with E-state index in [1.54, 1.807) is 19.3 Å². The summed E-state index contributed by atoms with van der Waals surface area (Å²) in [5, 5.41) is 12.9. The van der Waals surface area contributed by atoms with Crippen LogP contribution in [0, 0.1) is 10.1 Å². The van der Waals surface area contributed by atoms with Crippen LogP contribution in [-0.2, 0) is 9.53 Å². The number of methoxy groups -OCH3 is 1. The van der Waals surface area contributed by atoms with E-state index in [9.17, 15) is 14.9 Å². The van der Waals surface area contributed by atoms with Gasteiger partial charge in [-0.15, -0.1) is 0 Å². The molecule has 0 atom stereocenters. The molecule has 7 nitrogen and oxygen atoms in total. The van der Waals surface area contributed by atoms with Crippen LogP contribution in [0.1, 0.15) is 11.1 Å². The molecule has 0 bridgehead atoms. The van der Waals surface area contributed by atoms with Crippen LogP contribution in [-0.4, -0.2) is 23.9 Å². The van der Waals surface area contributed by atoms with Gasteiger partial charge in [-0.2, -0.15) is 0 Å². The maximum atomic E-state index is 12.3. The van der Waals surface area contributed by atoms with E-state index in [1.807, 2.05) is 36.4 Å². The molecular formula is C21H14N2O5. The Morgan fingerprint density at radius 3 is 2.71 bits per heavy atom. The number of nitro groups is 1. The first-order valence-corrected chi connectivity index (χ1v) is 8.40. The Bertz CT molecular complexity index is 1180. The molecule has 0 unspecified atom stereocenters. The summed E-state index contributed by atoms with van der Waals surface area (Å²) in [4.78, 5) is 27.0. The van der Waals surface area contributed by atoms with Gasteiger partial charge in [-0.1, -0.05) is 36.4 Å². The number of ether oxygens (including phenoxy) is 2. The van der Waals surface area contributed by atoms with Crippen molar-refractivity contribution in [1.82, 2.24) is 0 Å². The first-order valence-electron chi connectivity index (χ1n) is 8.40. The van der Waals surface area contributed by atoms with Crippen LogP contribution in [0.15, 0.2) is 71.4 Å². The van der Waals surface area contributed by atoms with Crippen molar-refractivity contribution in [1.29, 1.82) is 0 Å². The molecule has 0 amide bonds. The molecule has 1 aliphatic heterocycles. The number of fused-ring (bicyclic) bond motifs is 1. The normalized spacial score (nSPS) is 14.8. The Hall–Kier alpha value is -4.00. The monoisotopic (exact) mass is 374 g/mol. The highest BCUT2D eigenvalue weighted by Crippen LogP contribution is 2.31. The van der Waals surface area contributed by atoms with E-state index in [2.05, 4.69) is 4.99 Å². The van der Waals surface area contributed by atoms with Crippen LogP contribution >= 0.6 is 0 Å². The maximum absolute atomic E-state index is 12.3. The molecule has 1 heterocycles. The van der Waals surface area contributed by atoms with Crippen molar-refractivity contribution in [2.24, 2.45) is 4.99 Å². The summed E-state index contributed by atoms with van der Waals surface area (Å²) in [7, 11) is 1.55. The predicted molar refractivity (Wildman–Crippen MR) is 104 cm³/mol. The summed E-state index contributed by atoms with van der Waals surface area (Å²) in [6.07, 6.45) is 1.61. The van der Waals surface area contributed by atoms with Gasteiger partial charge in [-0.3, -0.25) is 10.1 Å². The van der Waals surface area contributed by atoms with Crippen molar-refractivity contribution in [3.8, 4) is 5.75 Å². The summed E-state index contributed by atoms with van der Waals surface area (Å²) in [5.74, 6) is -0.00588. The van der Waals surface area contributed by atoms with E-state index in [0.29, 0.717) is 16.9 Å². The average molecular weight is 374 g/mol. The SMILES string of the molecule is COc1ccc2ccccc2c1C=C1N=C(c2cccc([N+](=O)[O-])c2)OC1=O. The Balaban J connectivity index is 1.81. The highest BCUT2D eigenvalue weighted by Gasteiger charge is 2.26. The minimum atomic E-state index is -0.628. The molecule has 7 heteroatoms. The van der Waals surface area contributed by atoms with Gasteiger partial charge in [-0.05, 0) is 29.0 Å². The summed E-state index contributed by atoms with van der Waals surface area (Å²) in [6, 6.07) is 17.2. The molecule has 0 radical (unpaired) electrons. The predicted octanol–water partition coefficient (Wildman–Crippen LogP) is 4.10. The number of aliphatic imine (C=N–C) groups is 1. The molecule has 0 N–H and O–H groups in total. The van der Waals surface area contributed by atoms with E-state index < -0.39 is 10.9 Å². The van der Waals surface area contributed by atoms with Gasteiger partial charge < -0.3 is 9.47 Å². The molecule has 28 heavy (non-hydrogen) atoms. The summed E-state index contributed by atoms with van der Waals surface area (Å²) < 4.78 is 10.7. The van der Waals surface area contributed by atoms with Crippen LogP contribution in [0.25, 0.3) is 16.8 Å². The minimum Gasteiger partial charge on any atom is -0.496 e. The number of carbonyl (C=O) groups excluding carboxylic acids is 1. The molecule has 0 aromatic heterocycles. The number of cyclic esters (lactones) is 1. The third kappa shape index (κ3) is 3.09. The van der Waals surface area contributed by atoms with Crippen molar-refractivity contribution >= 4 is 34.4 Å². The first kappa shape index (κ1) is 17.4. The van der Waals surface area contributed by atoms with E-state index in [4.69, 9.17) is 9.47 Å². The lowest BCUT2D eigenvalue weighted by Gasteiger charge is -2.08. The molecule has 0 spiro atoms. The number of esters is 1. The van der Waals surface area contributed by atoms with E-state index in [0.717, 1.165) is 10.8 Å². The van der Waals surface area contributed by atoms with Crippen LogP contribution in [0.5, 0.6) is 5.75 Å². The van der Waals surface area contributed by atoms with Gasteiger partial charge in [0.2, 0.25) is 5.90 Å². The molecule has 138 valence electrons. The number of hydrogen-bond donors (Lipinski definition) is 0. The molecule has 3 aromatic carbocycles. The zero-order valence-electron chi connectivity index (χ0n) is 14.8. The lowest BCUT2D eigenvalue weighted by Crippen LogP contribution is -2.05. The fourth-order valence-corrected chi connectivity index (χ4v) is 3.02. The second-order valence-corrected chi connectivity index (χ2v) is 6.05. The van der Waals surface area contributed by atoms with Gasteiger partial charge in [0.1, 0.15) is 5.75 Å². The highest BCUT2D eigenvalue weighted by atomic mass is 16.6. The summed E-state index contributed by atoms with van der Waals surface area (Å²) >= 11 is 0. The third-order valence-electron chi connectivity index (χ3n) is 4.36. The smallest absolute Gasteiger partial charge is 0.363 e. The molecular weight excluding hydrogens is 360 g/mol. The Labute approximate surface area is 159 Å². The number of carbonyl (C=O) groups is 1. The fraction of sp³-hybridized carbons (Fsp3) is 0.0476. The number of non-ortho nitro benzene ring substituents is 1. The van der Waals surface area contributed by atoms with Crippen molar-refractivity contribution in [2.75, 3.05) is 7.11 Å². The van der Waals surface area contributed by atoms with Crippen molar-refractivity contribution in [3.05, 3.63) is 87.6 Å². The number of nitro benzene ring substituents is 1. The van der Waals surface area contributed by atoms with Gasteiger partial charge >= 0.3 is 5.97 Å². The molecule has 0 fully saturated rings. The van der Waals surface area contributed by atoms with Crippen molar-refractivity contribution in [3.63, 3.8) is 0 Å². The van der Waals surface area contributed by atoms with Crippen LogP contribution in [0.4, 0.5) is 5.69 Å². The molecule has 0 aliphatic carbocycles. The minimum absolute atomic E-state index is 0.0270. The van der Waals surface area contributed by atoms with E-state index >= 15 is 0 Å². The topological polar surface area (TPSA) is 91.0 Å². The average Bonchev–Trinajstić information content (AvgIpc) is 3.09. The second kappa shape index (κ2) is 6.96. The second-order valence-electron chi connectivity index (χ2n) is 6.05. The van der Waals surface area contributed by atoms with Gasteiger partial charge in [0.25, 0.3) is 5.69 Å². The van der Waals surface area contributed by atoms with Crippen LogP contribution in [0.3, 0.4) is 0 Å². The Morgan fingerprint density at radius 1 is 1.11 bits per heavy atom. The summed E-state index contributed by atoms with van der Waals surface area (Å²) in [6.45, 7) is 0. The van der Waals surface area contributed by atoms with Gasteiger partial charge in [0.05, 0.1) is 12.0 Å². The third-order valence-corrected chi connectivity index (χ3v) is 4.36. The molecule has 0 saturated heterocycles. The number of nitrogens with zero attached hydrogens (tertiary/aromatic N) is 2. The summed E-state index contributed by atoms with van der Waals surface area (Å²) in [5.41, 5.74) is 1.05. The Morgan fingerprint density at radius 2 is 1.93 bits per heavy atom. The van der Waals surface area contributed by atoms with Crippen molar-refractivity contribution < 1.29 is 19.2 Å². The zero-order chi connectivity index (χ0) is 19.7. The van der Waals surface area contributed by atoms with E-state index in [1.165, 1.54) is 18.2 Å². The van der Waals surface area contributed by atoms with Gasteiger partial charge in [-0.25, -0.2) is 9.79 Å². The molecule has 1 aliphatic rings. The van der Waals surface area contributed by atoms with Crippen LogP contribution in [0.2, 0.25) is 0 Å². The number of hydrogen-bond acceptors (Lipinski definition) is 6. The van der Waals surface area contributed by atoms with E-state index in [-0.39, 0.29) is 17.3 Å². The fourth-order valence-electron chi connectivity index (χ4n) is 3.02. The molecule has 4 rings (SSSR count). The van der Waals surface area contributed by atoms with Crippen LogP contribution < -0.4 is 4.74 Å². The number of benzene rings is 3. The lowest BCUT2D eigenvalue weighted by atomic mass is 10.0. The molecule has 3 aromatic rings. The first-order chi connectivity index (χ1) is 13.6. The molecule has 0 saturated carbocycles. The quantitative estimate of drug-likeness (QED) is 0.297.